The Morgan fingerprint density at radius 3 is 3.00 bits per heavy atom. The van der Waals surface area contributed by atoms with Crippen molar-refractivity contribution in [2.75, 3.05) is 6.54 Å². The van der Waals surface area contributed by atoms with Crippen LogP contribution in [0.25, 0.3) is 11.0 Å². The number of furan rings is 1. The molecule has 0 bridgehead atoms. The highest BCUT2D eigenvalue weighted by molar-refractivity contribution is 5.82. The van der Waals surface area contributed by atoms with E-state index in [0.29, 0.717) is 6.54 Å². The summed E-state index contributed by atoms with van der Waals surface area (Å²) >= 11 is 0. The van der Waals surface area contributed by atoms with Crippen LogP contribution in [0.2, 0.25) is 0 Å². The molecular formula is C13H13NO. The normalized spacial score (nSPS) is 10.4. The number of fused-ring (bicyclic) bond motifs is 1. The van der Waals surface area contributed by atoms with Crippen molar-refractivity contribution in [2.45, 2.75) is 13.5 Å². The standard InChI is InChI=1S/C13H13NO/c1-3-8-14-9-12-10(2)15-13-7-5-4-6-11(12)13/h1,4-7,14H,8-9H2,2H3. The van der Waals surface area contributed by atoms with E-state index in [1.807, 2.05) is 25.1 Å². The van der Waals surface area contributed by atoms with Crippen LogP contribution in [0.5, 0.6) is 0 Å². The highest BCUT2D eigenvalue weighted by atomic mass is 16.3. The van der Waals surface area contributed by atoms with Crippen molar-refractivity contribution < 1.29 is 4.42 Å². The monoisotopic (exact) mass is 199 g/mol. The van der Waals surface area contributed by atoms with E-state index in [-0.39, 0.29) is 0 Å². The minimum Gasteiger partial charge on any atom is -0.461 e. The van der Waals surface area contributed by atoms with Crippen molar-refractivity contribution >= 4 is 11.0 Å². The van der Waals surface area contributed by atoms with Crippen LogP contribution < -0.4 is 5.32 Å². The average Bonchev–Trinajstić information content (AvgIpc) is 2.56. The topological polar surface area (TPSA) is 25.2 Å². The maximum Gasteiger partial charge on any atom is 0.134 e. The first-order chi connectivity index (χ1) is 7.33. The third-order valence-corrected chi connectivity index (χ3v) is 2.43. The summed E-state index contributed by atoms with van der Waals surface area (Å²) in [4.78, 5) is 0. The van der Waals surface area contributed by atoms with E-state index >= 15 is 0 Å². The fraction of sp³-hybridized carbons (Fsp3) is 0.231. The number of nitrogens with one attached hydrogen (secondary N) is 1. The molecule has 2 rings (SSSR count). The Bertz CT molecular complexity index is 505. The lowest BCUT2D eigenvalue weighted by Gasteiger charge is -1.99. The fourth-order valence-corrected chi connectivity index (χ4v) is 1.70. The summed E-state index contributed by atoms with van der Waals surface area (Å²) in [6.07, 6.45) is 5.18. The molecule has 0 amide bonds. The molecule has 2 nitrogen and oxygen atoms in total. The lowest BCUT2D eigenvalue weighted by Crippen LogP contribution is -2.13. The predicted molar refractivity (Wildman–Crippen MR) is 61.5 cm³/mol. The Hall–Kier alpha value is -1.72. The van der Waals surface area contributed by atoms with Gasteiger partial charge in [-0.25, -0.2) is 0 Å². The van der Waals surface area contributed by atoms with Gasteiger partial charge in [0.25, 0.3) is 0 Å². The van der Waals surface area contributed by atoms with Gasteiger partial charge in [-0.05, 0) is 13.0 Å². The van der Waals surface area contributed by atoms with Gasteiger partial charge in [0.15, 0.2) is 0 Å². The van der Waals surface area contributed by atoms with E-state index in [2.05, 4.69) is 17.3 Å². The van der Waals surface area contributed by atoms with Gasteiger partial charge in [0.2, 0.25) is 0 Å². The van der Waals surface area contributed by atoms with Crippen molar-refractivity contribution in [3.8, 4) is 12.3 Å². The van der Waals surface area contributed by atoms with Crippen molar-refractivity contribution in [2.24, 2.45) is 0 Å². The maximum absolute atomic E-state index is 5.64. The molecule has 76 valence electrons. The van der Waals surface area contributed by atoms with Gasteiger partial charge in [-0.3, -0.25) is 0 Å². The molecule has 0 fully saturated rings. The molecule has 0 aliphatic rings. The van der Waals surface area contributed by atoms with Gasteiger partial charge in [0.1, 0.15) is 11.3 Å². The first kappa shape index (κ1) is 9.82. The van der Waals surface area contributed by atoms with E-state index in [1.54, 1.807) is 0 Å². The minimum absolute atomic E-state index is 0.582. The SMILES string of the molecule is C#CCNCc1c(C)oc2ccccc12. The van der Waals surface area contributed by atoms with Crippen LogP contribution in [0, 0.1) is 19.3 Å². The number of hydrogen-bond donors (Lipinski definition) is 1. The van der Waals surface area contributed by atoms with Crippen LogP contribution in [0.4, 0.5) is 0 Å². The third-order valence-electron chi connectivity index (χ3n) is 2.43. The zero-order valence-electron chi connectivity index (χ0n) is 8.71. The van der Waals surface area contributed by atoms with E-state index in [4.69, 9.17) is 10.8 Å². The molecule has 1 heterocycles. The minimum atomic E-state index is 0.582. The molecule has 0 aliphatic carbocycles. The van der Waals surface area contributed by atoms with Gasteiger partial charge >= 0.3 is 0 Å². The summed E-state index contributed by atoms with van der Waals surface area (Å²) < 4.78 is 5.64. The van der Waals surface area contributed by atoms with Crippen molar-refractivity contribution in [3.05, 3.63) is 35.6 Å². The van der Waals surface area contributed by atoms with Crippen LogP contribution in [-0.2, 0) is 6.54 Å². The van der Waals surface area contributed by atoms with Crippen LogP contribution >= 0.6 is 0 Å². The van der Waals surface area contributed by atoms with E-state index in [9.17, 15) is 0 Å². The Kier molecular flexibility index (Phi) is 2.75. The first-order valence-electron chi connectivity index (χ1n) is 4.94. The second-order valence-electron chi connectivity index (χ2n) is 3.44. The number of para-hydroxylation sites is 1. The molecule has 1 N–H and O–H groups in total. The molecule has 0 saturated heterocycles. The highest BCUT2D eigenvalue weighted by Crippen LogP contribution is 2.24. The summed E-state index contributed by atoms with van der Waals surface area (Å²) in [5.74, 6) is 3.51. The Labute approximate surface area is 89.3 Å². The molecule has 0 aliphatic heterocycles. The second-order valence-corrected chi connectivity index (χ2v) is 3.44. The molecule has 15 heavy (non-hydrogen) atoms. The molecular weight excluding hydrogens is 186 g/mol. The maximum atomic E-state index is 5.64. The Morgan fingerprint density at radius 1 is 1.40 bits per heavy atom. The number of aryl methyl sites for hydroxylation is 1. The summed E-state index contributed by atoms with van der Waals surface area (Å²) in [5.41, 5.74) is 2.13. The number of hydrogen-bond acceptors (Lipinski definition) is 2. The molecule has 0 saturated carbocycles. The van der Waals surface area contributed by atoms with Gasteiger partial charge in [0.05, 0.1) is 6.54 Å². The molecule has 0 spiro atoms. The average molecular weight is 199 g/mol. The lowest BCUT2D eigenvalue weighted by atomic mass is 10.1. The predicted octanol–water partition coefficient (Wildman–Crippen LogP) is 2.46. The molecule has 2 heteroatoms. The van der Waals surface area contributed by atoms with E-state index < -0.39 is 0 Å². The van der Waals surface area contributed by atoms with Gasteiger partial charge < -0.3 is 9.73 Å². The highest BCUT2D eigenvalue weighted by Gasteiger charge is 2.08. The van der Waals surface area contributed by atoms with Crippen molar-refractivity contribution in [1.29, 1.82) is 0 Å². The van der Waals surface area contributed by atoms with Crippen molar-refractivity contribution in [1.82, 2.24) is 5.32 Å². The molecule has 2 aromatic rings. The molecule has 1 aromatic heterocycles. The van der Waals surface area contributed by atoms with Gasteiger partial charge in [0, 0.05) is 17.5 Å². The zero-order chi connectivity index (χ0) is 10.7. The summed E-state index contributed by atoms with van der Waals surface area (Å²) in [6, 6.07) is 8.04. The number of benzene rings is 1. The first-order valence-corrected chi connectivity index (χ1v) is 4.94. The quantitative estimate of drug-likeness (QED) is 0.606. The molecule has 0 unspecified atom stereocenters. The summed E-state index contributed by atoms with van der Waals surface area (Å²) in [6.45, 7) is 3.32. The molecule has 1 aromatic carbocycles. The lowest BCUT2D eigenvalue weighted by molar-refractivity contribution is 0.568. The van der Waals surface area contributed by atoms with E-state index in [0.717, 1.165) is 17.9 Å². The Balaban J connectivity index is 2.33. The largest absolute Gasteiger partial charge is 0.461 e. The van der Waals surface area contributed by atoms with Gasteiger partial charge in [-0.15, -0.1) is 6.42 Å². The van der Waals surface area contributed by atoms with Crippen LogP contribution in [0.1, 0.15) is 11.3 Å². The Morgan fingerprint density at radius 2 is 2.20 bits per heavy atom. The van der Waals surface area contributed by atoms with E-state index in [1.165, 1.54) is 10.9 Å². The summed E-state index contributed by atoms with van der Waals surface area (Å²) in [7, 11) is 0. The van der Waals surface area contributed by atoms with Gasteiger partial charge in [-0.1, -0.05) is 24.1 Å². The van der Waals surface area contributed by atoms with Crippen LogP contribution in [-0.4, -0.2) is 6.54 Å². The fourth-order valence-electron chi connectivity index (χ4n) is 1.70. The van der Waals surface area contributed by atoms with Gasteiger partial charge in [-0.2, -0.15) is 0 Å². The van der Waals surface area contributed by atoms with Crippen molar-refractivity contribution in [3.63, 3.8) is 0 Å². The number of terminal acetylenes is 1. The smallest absolute Gasteiger partial charge is 0.134 e. The third kappa shape index (κ3) is 1.88. The molecule has 0 atom stereocenters. The van der Waals surface area contributed by atoms with Crippen LogP contribution in [0.15, 0.2) is 28.7 Å². The summed E-state index contributed by atoms with van der Waals surface area (Å²) in [5, 5.41) is 4.34. The number of rotatable bonds is 3. The van der Waals surface area contributed by atoms with Crippen LogP contribution in [0.3, 0.4) is 0 Å². The second kappa shape index (κ2) is 4.20. The zero-order valence-corrected chi connectivity index (χ0v) is 8.71. The molecule has 0 radical (unpaired) electrons.